The average molecular weight is 413 g/mol. The van der Waals surface area contributed by atoms with E-state index in [1.165, 1.54) is 13.2 Å². The van der Waals surface area contributed by atoms with Crippen LogP contribution in [0.3, 0.4) is 0 Å². The van der Waals surface area contributed by atoms with E-state index in [0.29, 0.717) is 27.8 Å². The van der Waals surface area contributed by atoms with Crippen LogP contribution in [0.5, 0.6) is 11.5 Å². The summed E-state index contributed by atoms with van der Waals surface area (Å²) >= 11 is 6.37. The van der Waals surface area contributed by atoms with Crippen LogP contribution < -0.4 is 14.8 Å². The van der Waals surface area contributed by atoms with Crippen molar-refractivity contribution in [3.05, 3.63) is 58.1 Å². The van der Waals surface area contributed by atoms with E-state index < -0.39 is 5.91 Å². The minimum absolute atomic E-state index is 0.0260. The van der Waals surface area contributed by atoms with Crippen molar-refractivity contribution in [2.24, 2.45) is 0 Å². The van der Waals surface area contributed by atoms with E-state index in [0.717, 1.165) is 18.4 Å². The Morgan fingerprint density at radius 1 is 1.31 bits per heavy atom. The summed E-state index contributed by atoms with van der Waals surface area (Å²) in [7, 11) is 1.52. The van der Waals surface area contributed by atoms with Gasteiger partial charge in [0.05, 0.1) is 18.2 Å². The van der Waals surface area contributed by atoms with E-state index >= 15 is 0 Å². The molecule has 2 aromatic carbocycles. The van der Waals surface area contributed by atoms with Crippen LogP contribution in [0.1, 0.15) is 38.3 Å². The fourth-order valence-corrected chi connectivity index (χ4v) is 2.94. The van der Waals surface area contributed by atoms with Gasteiger partial charge in [0.15, 0.2) is 11.5 Å². The van der Waals surface area contributed by atoms with Crippen molar-refractivity contribution in [2.75, 3.05) is 12.4 Å². The van der Waals surface area contributed by atoms with E-state index in [-0.39, 0.29) is 11.7 Å². The third-order valence-corrected chi connectivity index (χ3v) is 4.75. The molecule has 0 radical (unpaired) electrons. The van der Waals surface area contributed by atoms with Crippen LogP contribution in [0.15, 0.2) is 42.0 Å². The van der Waals surface area contributed by atoms with Gasteiger partial charge in [-0.1, -0.05) is 43.6 Å². The van der Waals surface area contributed by atoms with Crippen molar-refractivity contribution in [3.63, 3.8) is 0 Å². The largest absolute Gasteiger partial charge is 0.493 e. The van der Waals surface area contributed by atoms with Gasteiger partial charge in [-0.25, -0.2) is 0 Å². The van der Waals surface area contributed by atoms with Gasteiger partial charge < -0.3 is 14.8 Å². The van der Waals surface area contributed by atoms with Crippen molar-refractivity contribution in [1.82, 2.24) is 0 Å². The zero-order chi connectivity index (χ0) is 21.4. The summed E-state index contributed by atoms with van der Waals surface area (Å²) in [5.74, 6) is 0.405. The normalized spacial score (nSPS) is 12.1. The standard InChI is InChI=1S/C23H25ClN2O3/c1-5-15(3)29-22-19(24)12-16(13-21(22)28-4)11-18(14-25)23(27)26-20-10-8-7-9-17(20)6-2/h7-13,15H,5-6H2,1-4H3,(H,26,27)/b18-11-/t15-/m0/s1. The summed E-state index contributed by atoms with van der Waals surface area (Å²) in [4.78, 5) is 12.6. The van der Waals surface area contributed by atoms with E-state index in [1.807, 2.05) is 51.1 Å². The molecule has 152 valence electrons. The average Bonchev–Trinajstić information content (AvgIpc) is 2.73. The second-order valence-electron chi connectivity index (χ2n) is 6.51. The fourth-order valence-electron chi connectivity index (χ4n) is 2.68. The van der Waals surface area contributed by atoms with Crippen LogP contribution in [-0.2, 0) is 11.2 Å². The minimum atomic E-state index is -0.483. The third-order valence-electron chi connectivity index (χ3n) is 4.47. The van der Waals surface area contributed by atoms with Gasteiger partial charge in [0.25, 0.3) is 5.91 Å². The number of anilines is 1. The number of amides is 1. The highest BCUT2D eigenvalue weighted by molar-refractivity contribution is 6.32. The lowest BCUT2D eigenvalue weighted by molar-refractivity contribution is -0.112. The molecular weight excluding hydrogens is 388 g/mol. The Balaban J connectivity index is 2.33. The zero-order valence-electron chi connectivity index (χ0n) is 17.1. The highest BCUT2D eigenvalue weighted by Crippen LogP contribution is 2.38. The molecule has 2 aromatic rings. The number of benzene rings is 2. The number of rotatable bonds is 8. The zero-order valence-corrected chi connectivity index (χ0v) is 17.8. The van der Waals surface area contributed by atoms with Crippen LogP contribution >= 0.6 is 11.6 Å². The van der Waals surface area contributed by atoms with Gasteiger partial charge in [-0.15, -0.1) is 0 Å². The topological polar surface area (TPSA) is 71.4 Å². The first-order chi connectivity index (χ1) is 13.9. The number of halogens is 1. The number of nitrogens with one attached hydrogen (secondary N) is 1. The summed E-state index contributed by atoms with van der Waals surface area (Å²) in [5, 5.41) is 12.6. The van der Waals surface area contributed by atoms with Gasteiger partial charge >= 0.3 is 0 Å². The summed E-state index contributed by atoms with van der Waals surface area (Å²) in [6.45, 7) is 5.95. The fraction of sp³-hybridized carbons (Fsp3) is 0.304. The first-order valence-corrected chi connectivity index (χ1v) is 9.86. The summed E-state index contributed by atoms with van der Waals surface area (Å²) in [5.41, 5.74) is 2.21. The molecule has 0 aliphatic heterocycles. The molecule has 1 amide bonds. The number of carbonyl (C=O) groups is 1. The lowest BCUT2D eigenvalue weighted by atomic mass is 10.1. The Labute approximate surface area is 176 Å². The number of hydrogen-bond acceptors (Lipinski definition) is 4. The molecule has 0 spiro atoms. The van der Waals surface area contributed by atoms with Gasteiger partial charge in [-0.3, -0.25) is 4.79 Å². The molecule has 0 aliphatic carbocycles. The summed E-state index contributed by atoms with van der Waals surface area (Å²) in [6, 6.07) is 12.8. The van der Waals surface area contributed by atoms with Gasteiger partial charge in [0.2, 0.25) is 0 Å². The van der Waals surface area contributed by atoms with Crippen LogP contribution in [0, 0.1) is 11.3 Å². The maximum absolute atomic E-state index is 12.6. The van der Waals surface area contributed by atoms with Crippen molar-refractivity contribution in [2.45, 2.75) is 39.7 Å². The van der Waals surface area contributed by atoms with Crippen LogP contribution in [-0.4, -0.2) is 19.1 Å². The Kier molecular flexibility index (Phi) is 8.11. The van der Waals surface area contributed by atoms with E-state index in [2.05, 4.69) is 5.32 Å². The van der Waals surface area contributed by atoms with E-state index in [1.54, 1.807) is 12.1 Å². The van der Waals surface area contributed by atoms with Gasteiger partial charge in [-0.2, -0.15) is 5.26 Å². The summed E-state index contributed by atoms with van der Waals surface area (Å²) < 4.78 is 11.2. The van der Waals surface area contributed by atoms with Crippen molar-refractivity contribution in [1.29, 1.82) is 5.26 Å². The Hall–Kier alpha value is -2.97. The lowest BCUT2D eigenvalue weighted by Gasteiger charge is -2.17. The predicted molar refractivity (Wildman–Crippen MR) is 116 cm³/mol. The molecule has 0 aliphatic rings. The van der Waals surface area contributed by atoms with Crippen LogP contribution in [0.2, 0.25) is 5.02 Å². The molecule has 0 unspecified atom stereocenters. The monoisotopic (exact) mass is 412 g/mol. The lowest BCUT2D eigenvalue weighted by Crippen LogP contribution is -2.14. The number of hydrogen-bond donors (Lipinski definition) is 1. The van der Waals surface area contributed by atoms with Gasteiger partial charge in [0, 0.05) is 5.69 Å². The number of aryl methyl sites for hydroxylation is 1. The molecule has 2 rings (SSSR count). The first kappa shape index (κ1) is 22.3. The summed E-state index contributed by atoms with van der Waals surface area (Å²) in [6.07, 6.45) is 3.04. The molecule has 6 heteroatoms. The van der Waals surface area contributed by atoms with Crippen molar-refractivity contribution in [3.8, 4) is 17.6 Å². The molecular formula is C23H25ClN2O3. The first-order valence-electron chi connectivity index (χ1n) is 9.48. The number of nitriles is 1. The number of carbonyl (C=O) groups excluding carboxylic acids is 1. The Bertz CT molecular complexity index is 948. The highest BCUT2D eigenvalue weighted by atomic mass is 35.5. The second kappa shape index (κ2) is 10.5. The second-order valence-corrected chi connectivity index (χ2v) is 6.91. The van der Waals surface area contributed by atoms with Gasteiger partial charge in [0.1, 0.15) is 11.6 Å². The molecule has 29 heavy (non-hydrogen) atoms. The number of para-hydroxylation sites is 1. The molecule has 1 atom stereocenters. The minimum Gasteiger partial charge on any atom is -0.493 e. The number of methoxy groups -OCH3 is 1. The smallest absolute Gasteiger partial charge is 0.266 e. The van der Waals surface area contributed by atoms with E-state index in [4.69, 9.17) is 21.1 Å². The molecule has 0 saturated carbocycles. The SMILES string of the molecule is CCc1ccccc1NC(=O)/C(C#N)=C\c1cc(Cl)c(O[C@@H](C)CC)c(OC)c1. The van der Waals surface area contributed by atoms with Gasteiger partial charge in [-0.05, 0) is 55.2 Å². The highest BCUT2D eigenvalue weighted by Gasteiger charge is 2.16. The third kappa shape index (κ3) is 5.75. The number of ether oxygens (including phenoxy) is 2. The molecule has 5 nitrogen and oxygen atoms in total. The molecule has 0 bridgehead atoms. The maximum Gasteiger partial charge on any atom is 0.266 e. The quantitative estimate of drug-likeness (QED) is 0.450. The van der Waals surface area contributed by atoms with Crippen LogP contribution in [0.4, 0.5) is 5.69 Å². The molecule has 0 aromatic heterocycles. The Morgan fingerprint density at radius 2 is 2.03 bits per heavy atom. The molecule has 0 heterocycles. The van der Waals surface area contributed by atoms with Crippen molar-refractivity contribution >= 4 is 29.3 Å². The predicted octanol–water partition coefficient (Wildman–Crippen LogP) is 5.63. The molecule has 1 N–H and O–H groups in total. The Morgan fingerprint density at radius 3 is 2.66 bits per heavy atom. The van der Waals surface area contributed by atoms with E-state index in [9.17, 15) is 10.1 Å². The maximum atomic E-state index is 12.6. The van der Waals surface area contributed by atoms with Crippen molar-refractivity contribution < 1.29 is 14.3 Å². The van der Waals surface area contributed by atoms with Crippen LogP contribution in [0.25, 0.3) is 6.08 Å². The molecule has 0 saturated heterocycles. The number of nitrogens with zero attached hydrogens (tertiary/aromatic N) is 1. The molecule has 0 fully saturated rings.